The first-order chi connectivity index (χ1) is 8.08. The van der Waals surface area contributed by atoms with Crippen LogP contribution in [-0.2, 0) is 16.4 Å². The van der Waals surface area contributed by atoms with Crippen LogP contribution in [0.2, 0.25) is 0 Å². The molecule has 1 heterocycles. The topological polar surface area (TPSA) is 87.1 Å². The molecule has 0 spiro atoms. The molecule has 0 saturated heterocycles. The lowest BCUT2D eigenvalue weighted by molar-refractivity contribution is -0.758. The lowest BCUT2D eigenvalue weighted by Crippen LogP contribution is -2.38. The fraction of sp³-hybridized carbons (Fsp3) is 0.200. The Labute approximate surface area is 98.0 Å². The highest BCUT2D eigenvalue weighted by Crippen LogP contribution is 2.09. The van der Waals surface area contributed by atoms with E-state index in [9.17, 15) is 13.5 Å². The van der Waals surface area contributed by atoms with Crippen LogP contribution in [0.4, 0.5) is 0 Å². The second kappa shape index (κ2) is 4.54. The van der Waals surface area contributed by atoms with Crippen molar-refractivity contribution in [2.45, 2.75) is 11.4 Å². The molecule has 6 nitrogen and oxygen atoms in total. The molecule has 0 atom stereocenters. The summed E-state index contributed by atoms with van der Waals surface area (Å²) in [5.41, 5.74) is 0. The Morgan fingerprint density at radius 1 is 1.29 bits per heavy atom. The Bertz CT molecular complexity index is 592. The first-order valence-corrected chi connectivity index (χ1v) is 6.54. The van der Waals surface area contributed by atoms with Crippen molar-refractivity contribution < 1.29 is 22.7 Å². The number of aromatic nitrogens is 2. The molecule has 0 aliphatic heterocycles. The molecule has 0 bridgehead atoms. The van der Waals surface area contributed by atoms with Crippen molar-refractivity contribution in [2.75, 3.05) is 5.75 Å². The Morgan fingerprint density at radius 2 is 2.00 bits per heavy atom. The highest BCUT2D eigenvalue weighted by molar-refractivity contribution is 7.91. The van der Waals surface area contributed by atoms with E-state index >= 15 is 0 Å². The van der Waals surface area contributed by atoms with Crippen LogP contribution in [0.3, 0.4) is 0 Å². The molecule has 0 amide bonds. The summed E-state index contributed by atoms with van der Waals surface area (Å²) >= 11 is 0. The molecule has 1 aromatic heterocycles. The third-order valence-electron chi connectivity index (χ3n) is 2.18. The Kier molecular flexibility index (Phi) is 3.10. The van der Waals surface area contributed by atoms with Gasteiger partial charge < -0.3 is 9.63 Å². The molecule has 0 fully saturated rings. The summed E-state index contributed by atoms with van der Waals surface area (Å²) in [6.07, 6.45) is 1.11. The summed E-state index contributed by atoms with van der Waals surface area (Å²) < 4.78 is 29.2. The van der Waals surface area contributed by atoms with Crippen molar-refractivity contribution >= 4 is 9.84 Å². The van der Waals surface area contributed by atoms with Gasteiger partial charge in [-0.2, -0.15) is 0 Å². The maximum Gasteiger partial charge on any atom is 0.221 e. The van der Waals surface area contributed by atoms with Gasteiger partial charge in [0.1, 0.15) is 11.7 Å². The zero-order valence-electron chi connectivity index (χ0n) is 8.81. The van der Waals surface area contributed by atoms with E-state index in [1.807, 2.05) is 0 Å². The minimum Gasteiger partial charge on any atom is -0.539 e. The van der Waals surface area contributed by atoms with E-state index in [2.05, 4.69) is 9.79 Å². The predicted molar refractivity (Wildman–Crippen MR) is 54.6 cm³/mol. The average Bonchev–Trinajstić information content (AvgIpc) is 2.74. The van der Waals surface area contributed by atoms with Crippen LogP contribution >= 0.6 is 0 Å². The van der Waals surface area contributed by atoms with Gasteiger partial charge >= 0.3 is 0 Å². The maximum atomic E-state index is 11.9. The summed E-state index contributed by atoms with van der Waals surface area (Å²) in [6.45, 7) is 0.0863. The molecule has 2 aromatic rings. The number of hydrogen-bond donors (Lipinski definition) is 0. The highest BCUT2D eigenvalue weighted by atomic mass is 32.2. The molecule has 0 radical (unpaired) electrons. The third kappa shape index (κ3) is 2.82. The summed E-state index contributed by atoms with van der Waals surface area (Å²) in [4.78, 5) is 0.256. The fourth-order valence-electron chi connectivity index (χ4n) is 1.33. The number of sulfone groups is 1. The maximum absolute atomic E-state index is 11.9. The molecule has 1 aromatic carbocycles. The molecule has 0 aliphatic carbocycles. The Morgan fingerprint density at radius 3 is 2.59 bits per heavy atom. The number of hydrogen-bond acceptors (Lipinski definition) is 5. The summed E-state index contributed by atoms with van der Waals surface area (Å²) in [6, 6.07) is 8.12. The monoisotopic (exact) mass is 254 g/mol. The van der Waals surface area contributed by atoms with Gasteiger partial charge in [0.05, 0.1) is 10.2 Å². The van der Waals surface area contributed by atoms with Crippen LogP contribution in [0, 0.1) is 0 Å². The first-order valence-electron chi connectivity index (χ1n) is 4.89. The van der Waals surface area contributed by atoms with Crippen LogP contribution in [0.15, 0.2) is 45.9 Å². The van der Waals surface area contributed by atoms with Crippen molar-refractivity contribution in [1.82, 2.24) is 5.27 Å². The molecule has 17 heavy (non-hydrogen) atoms. The van der Waals surface area contributed by atoms with Crippen LogP contribution in [-0.4, -0.2) is 19.4 Å². The van der Waals surface area contributed by atoms with E-state index in [-0.39, 0.29) is 17.2 Å². The van der Waals surface area contributed by atoms with E-state index in [0.717, 1.165) is 6.20 Å². The number of aryl methyl sites for hydroxylation is 1. The predicted octanol–water partition coefficient (Wildman–Crippen LogP) is -0.490. The quantitative estimate of drug-likeness (QED) is 0.687. The SMILES string of the molecule is O=S(=O)(CC[n+]1cc([O-])on1)c1ccccc1. The zero-order valence-corrected chi connectivity index (χ0v) is 9.63. The minimum atomic E-state index is -3.35. The van der Waals surface area contributed by atoms with Crippen molar-refractivity contribution in [3.05, 3.63) is 36.5 Å². The van der Waals surface area contributed by atoms with E-state index < -0.39 is 15.8 Å². The standard InChI is InChI=1S/C10H10N2O4S/c13-10-8-12(11-16-10)6-7-17(14,15)9-4-2-1-3-5-9/h1-5,8H,6-7H2. The van der Waals surface area contributed by atoms with Crippen LogP contribution in [0.25, 0.3) is 0 Å². The van der Waals surface area contributed by atoms with Crippen molar-refractivity contribution in [1.29, 1.82) is 0 Å². The summed E-state index contributed by atoms with van der Waals surface area (Å²) in [5.74, 6) is -0.727. The molecule has 7 heteroatoms. The van der Waals surface area contributed by atoms with Crippen molar-refractivity contribution in [3.63, 3.8) is 0 Å². The van der Waals surface area contributed by atoms with Gasteiger partial charge in [-0.1, -0.05) is 22.9 Å². The second-order valence-electron chi connectivity index (χ2n) is 3.42. The second-order valence-corrected chi connectivity index (χ2v) is 5.53. The summed E-state index contributed by atoms with van der Waals surface area (Å²) in [5, 5.41) is 14.1. The van der Waals surface area contributed by atoms with Crippen molar-refractivity contribution in [3.8, 4) is 5.95 Å². The third-order valence-corrected chi connectivity index (χ3v) is 3.89. The van der Waals surface area contributed by atoms with E-state index in [1.54, 1.807) is 18.2 Å². The molecular formula is C10H10N2O4S. The van der Waals surface area contributed by atoms with Gasteiger partial charge in [-0.3, -0.25) is 0 Å². The molecule has 2 rings (SSSR count). The van der Waals surface area contributed by atoms with Gasteiger partial charge in [-0.05, 0) is 12.1 Å². The number of nitrogens with zero attached hydrogens (tertiary/aromatic N) is 2. The van der Waals surface area contributed by atoms with E-state index in [0.29, 0.717) is 0 Å². The van der Waals surface area contributed by atoms with Gasteiger partial charge in [0.25, 0.3) is 0 Å². The average molecular weight is 254 g/mol. The van der Waals surface area contributed by atoms with Crippen LogP contribution in [0.5, 0.6) is 5.95 Å². The molecule has 0 N–H and O–H groups in total. The first kappa shape index (κ1) is 11.6. The van der Waals surface area contributed by atoms with Gasteiger partial charge in [0.2, 0.25) is 6.20 Å². The van der Waals surface area contributed by atoms with Gasteiger partial charge in [-0.15, -0.1) is 0 Å². The fourth-order valence-corrected chi connectivity index (χ4v) is 2.56. The Balaban J connectivity index is 2.09. The van der Waals surface area contributed by atoms with Crippen LogP contribution < -0.4 is 9.79 Å². The Hall–Kier alpha value is -1.89. The highest BCUT2D eigenvalue weighted by Gasteiger charge is 2.17. The smallest absolute Gasteiger partial charge is 0.221 e. The largest absolute Gasteiger partial charge is 0.539 e. The lowest BCUT2D eigenvalue weighted by Gasteiger charge is -2.00. The van der Waals surface area contributed by atoms with Crippen molar-refractivity contribution in [2.24, 2.45) is 0 Å². The molecular weight excluding hydrogens is 244 g/mol. The normalized spacial score (nSPS) is 11.5. The summed E-state index contributed by atoms with van der Waals surface area (Å²) in [7, 11) is -3.35. The molecule has 0 unspecified atom stereocenters. The number of rotatable bonds is 4. The lowest BCUT2D eigenvalue weighted by atomic mass is 10.4. The molecule has 0 saturated carbocycles. The minimum absolute atomic E-state index is 0.0863. The number of benzene rings is 1. The van der Waals surface area contributed by atoms with E-state index in [1.165, 1.54) is 16.8 Å². The van der Waals surface area contributed by atoms with Gasteiger partial charge in [-0.25, -0.2) is 8.42 Å². The van der Waals surface area contributed by atoms with Crippen LogP contribution in [0.1, 0.15) is 0 Å². The van der Waals surface area contributed by atoms with Gasteiger partial charge in [0, 0.05) is 0 Å². The molecule has 90 valence electrons. The van der Waals surface area contributed by atoms with Gasteiger partial charge in [0.15, 0.2) is 16.4 Å². The zero-order chi connectivity index (χ0) is 12.3. The molecule has 0 aliphatic rings. The van der Waals surface area contributed by atoms with E-state index in [4.69, 9.17) is 0 Å².